The summed E-state index contributed by atoms with van der Waals surface area (Å²) in [5.41, 5.74) is 0.594. The van der Waals surface area contributed by atoms with Crippen molar-refractivity contribution in [1.29, 1.82) is 0 Å². The van der Waals surface area contributed by atoms with Gasteiger partial charge in [-0.3, -0.25) is 0 Å². The van der Waals surface area contributed by atoms with Gasteiger partial charge >= 0.3 is 11.9 Å². The predicted octanol–water partition coefficient (Wildman–Crippen LogP) is 3.88. The lowest BCUT2D eigenvalue weighted by Gasteiger charge is -2.12. The van der Waals surface area contributed by atoms with Crippen LogP contribution in [0.2, 0.25) is 0 Å². The molecule has 0 aliphatic heterocycles. The number of hydrogen-bond donors (Lipinski definition) is 0. The number of rotatable bonds is 8. The Morgan fingerprint density at radius 1 is 0.885 bits per heavy atom. The van der Waals surface area contributed by atoms with Gasteiger partial charge in [-0.25, -0.2) is 9.59 Å². The van der Waals surface area contributed by atoms with Crippen LogP contribution in [0.25, 0.3) is 0 Å². The van der Waals surface area contributed by atoms with Crippen LogP contribution in [0.3, 0.4) is 0 Å². The molecular weight excluding hydrogens is 336 g/mol. The first kappa shape index (κ1) is 19.3. The summed E-state index contributed by atoms with van der Waals surface area (Å²) >= 11 is 0. The van der Waals surface area contributed by atoms with E-state index in [-0.39, 0.29) is 5.56 Å². The van der Waals surface area contributed by atoms with Gasteiger partial charge < -0.3 is 18.9 Å². The first-order valence-corrected chi connectivity index (χ1v) is 8.31. The highest BCUT2D eigenvalue weighted by Crippen LogP contribution is 2.29. The van der Waals surface area contributed by atoms with Gasteiger partial charge in [-0.05, 0) is 42.8 Å². The average Bonchev–Trinajstić information content (AvgIpc) is 2.67. The summed E-state index contributed by atoms with van der Waals surface area (Å²) in [5, 5.41) is 0. The Hall–Kier alpha value is -3.02. The molecule has 0 N–H and O–H groups in total. The van der Waals surface area contributed by atoms with Gasteiger partial charge in [0.2, 0.25) is 0 Å². The molecule has 0 saturated carbocycles. The zero-order chi connectivity index (χ0) is 18.9. The van der Waals surface area contributed by atoms with Crippen LogP contribution in [0.4, 0.5) is 0 Å². The molecule has 2 aromatic rings. The van der Waals surface area contributed by atoms with E-state index in [1.165, 1.54) is 26.4 Å². The Morgan fingerprint density at radius 2 is 1.50 bits per heavy atom. The summed E-state index contributed by atoms with van der Waals surface area (Å²) in [6.45, 7) is 2.41. The Kier molecular flexibility index (Phi) is 7.02. The molecule has 2 rings (SSSR count). The SMILES string of the molecule is CCCCOC(=O)c1ccc(OC(=O)c2c(OC)cccc2OC)cc1. The standard InChI is InChI=1S/C20H22O6/c1-4-5-13-25-19(21)14-9-11-15(12-10-14)26-20(22)18-16(23-2)7-6-8-17(18)24-3/h6-12H,4-5,13H2,1-3H3. The number of carbonyl (C=O) groups is 2. The fraction of sp³-hybridized carbons (Fsp3) is 0.300. The van der Waals surface area contributed by atoms with Crippen LogP contribution in [0.5, 0.6) is 17.2 Å². The topological polar surface area (TPSA) is 71.1 Å². The van der Waals surface area contributed by atoms with E-state index in [0.717, 1.165) is 12.8 Å². The maximum absolute atomic E-state index is 12.5. The first-order chi connectivity index (χ1) is 12.6. The molecule has 0 aliphatic rings. The number of methoxy groups -OCH3 is 2. The van der Waals surface area contributed by atoms with Crippen LogP contribution in [0.15, 0.2) is 42.5 Å². The summed E-state index contributed by atoms with van der Waals surface area (Å²) in [6.07, 6.45) is 1.77. The van der Waals surface area contributed by atoms with Crippen LogP contribution in [0.1, 0.15) is 40.5 Å². The van der Waals surface area contributed by atoms with E-state index in [0.29, 0.717) is 29.4 Å². The molecule has 0 heterocycles. The molecule has 0 aliphatic carbocycles. The van der Waals surface area contributed by atoms with Crippen molar-refractivity contribution in [3.05, 3.63) is 53.6 Å². The minimum atomic E-state index is -0.613. The number of esters is 2. The molecule has 2 aromatic carbocycles. The van der Waals surface area contributed by atoms with Gasteiger partial charge in [-0.1, -0.05) is 19.4 Å². The molecule has 6 heteroatoms. The Morgan fingerprint density at radius 3 is 2.04 bits per heavy atom. The Balaban J connectivity index is 2.10. The smallest absolute Gasteiger partial charge is 0.351 e. The van der Waals surface area contributed by atoms with E-state index in [1.54, 1.807) is 30.3 Å². The van der Waals surface area contributed by atoms with E-state index in [2.05, 4.69) is 0 Å². The van der Waals surface area contributed by atoms with E-state index in [1.807, 2.05) is 6.92 Å². The number of carbonyl (C=O) groups excluding carboxylic acids is 2. The minimum absolute atomic E-state index is 0.195. The van der Waals surface area contributed by atoms with Gasteiger partial charge in [0.25, 0.3) is 0 Å². The highest BCUT2D eigenvalue weighted by Gasteiger charge is 2.20. The molecule has 0 saturated heterocycles. The summed E-state index contributed by atoms with van der Waals surface area (Å²) < 4.78 is 20.9. The highest BCUT2D eigenvalue weighted by atomic mass is 16.5. The average molecular weight is 358 g/mol. The van der Waals surface area contributed by atoms with Gasteiger partial charge in [-0.15, -0.1) is 0 Å². The molecule has 0 spiro atoms. The van der Waals surface area contributed by atoms with Crippen molar-refractivity contribution in [2.75, 3.05) is 20.8 Å². The molecule has 0 unspecified atom stereocenters. The summed E-state index contributed by atoms with van der Waals surface area (Å²) in [7, 11) is 2.93. The molecule has 0 fully saturated rings. The third kappa shape index (κ3) is 4.75. The quantitative estimate of drug-likeness (QED) is 0.405. The van der Waals surface area contributed by atoms with Gasteiger partial charge in [0, 0.05) is 0 Å². The third-order valence-electron chi connectivity index (χ3n) is 3.66. The van der Waals surface area contributed by atoms with Gasteiger partial charge in [-0.2, -0.15) is 0 Å². The maximum Gasteiger partial charge on any atom is 0.351 e. The van der Waals surface area contributed by atoms with Crippen molar-refractivity contribution in [2.24, 2.45) is 0 Å². The zero-order valence-electron chi connectivity index (χ0n) is 15.1. The minimum Gasteiger partial charge on any atom is -0.496 e. The maximum atomic E-state index is 12.5. The fourth-order valence-electron chi connectivity index (χ4n) is 2.26. The molecular formula is C20H22O6. The molecule has 26 heavy (non-hydrogen) atoms. The fourth-order valence-corrected chi connectivity index (χ4v) is 2.26. The zero-order valence-corrected chi connectivity index (χ0v) is 15.1. The second-order valence-corrected chi connectivity index (χ2v) is 5.44. The lowest BCUT2D eigenvalue weighted by Crippen LogP contribution is -2.12. The first-order valence-electron chi connectivity index (χ1n) is 8.31. The van der Waals surface area contributed by atoms with Crippen LogP contribution in [0, 0.1) is 0 Å². The molecule has 0 atom stereocenters. The molecule has 138 valence electrons. The van der Waals surface area contributed by atoms with Crippen LogP contribution in [-0.2, 0) is 4.74 Å². The summed E-state index contributed by atoms with van der Waals surface area (Å²) in [5.74, 6) is -0.00990. The molecule has 6 nitrogen and oxygen atoms in total. The summed E-state index contributed by atoms with van der Waals surface area (Å²) in [6, 6.07) is 11.2. The molecule has 0 amide bonds. The number of ether oxygens (including phenoxy) is 4. The monoisotopic (exact) mass is 358 g/mol. The second-order valence-electron chi connectivity index (χ2n) is 5.44. The Labute approximate surface area is 152 Å². The molecule has 0 radical (unpaired) electrons. The van der Waals surface area contributed by atoms with Crippen LogP contribution in [-0.4, -0.2) is 32.8 Å². The lowest BCUT2D eigenvalue weighted by atomic mass is 10.1. The third-order valence-corrected chi connectivity index (χ3v) is 3.66. The van der Waals surface area contributed by atoms with Crippen molar-refractivity contribution in [2.45, 2.75) is 19.8 Å². The van der Waals surface area contributed by atoms with E-state index in [9.17, 15) is 9.59 Å². The van der Waals surface area contributed by atoms with Crippen molar-refractivity contribution < 1.29 is 28.5 Å². The van der Waals surface area contributed by atoms with E-state index >= 15 is 0 Å². The normalized spacial score (nSPS) is 10.1. The van der Waals surface area contributed by atoms with Crippen LogP contribution >= 0.6 is 0 Å². The van der Waals surface area contributed by atoms with Crippen LogP contribution < -0.4 is 14.2 Å². The highest BCUT2D eigenvalue weighted by molar-refractivity contribution is 5.97. The number of hydrogen-bond acceptors (Lipinski definition) is 6. The van der Waals surface area contributed by atoms with Gasteiger partial charge in [0.05, 0.1) is 26.4 Å². The number of unbranched alkanes of at least 4 members (excludes halogenated alkanes) is 1. The predicted molar refractivity (Wildman–Crippen MR) is 96.1 cm³/mol. The van der Waals surface area contributed by atoms with Crippen molar-refractivity contribution in [1.82, 2.24) is 0 Å². The Bertz CT molecular complexity index is 729. The van der Waals surface area contributed by atoms with Crippen molar-refractivity contribution in [3.63, 3.8) is 0 Å². The van der Waals surface area contributed by atoms with Crippen molar-refractivity contribution >= 4 is 11.9 Å². The van der Waals surface area contributed by atoms with E-state index in [4.69, 9.17) is 18.9 Å². The van der Waals surface area contributed by atoms with Gasteiger partial charge in [0.15, 0.2) is 0 Å². The largest absolute Gasteiger partial charge is 0.496 e. The second kappa shape index (κ2) is 9.46. The number of benzene rings is 2. The van der Waals surface area contributed by atoms with Gasteiger partial charge in [0.1, 0.15) is 22.8 Å². The van der Waals surface area contributed by atoms with Crippen molar-refractivity contribution in [3.8, 4) is 17.2 Å². The van der Waals surface area contributed by atoms with E-state index < -0.39 is 11.9 Å². The molecule has 0 aromatic heterocycles. The lowest BCUT2D eigenvalue weighted by molar-refractivity contribution is 0.0499. The molecule has 0 bridgehead atoms. The summed E-state index contributed by atoms with van der Waals surface area (Å²) in [4.78, 5) is 24.4.